The Morgan fingerprint density at radius 1 is 0.920 bits per heavy atom. The molecule has 0 aromatic rings. The summed E-state index contributed by atoms with van der Waals surface area (Å²) in [6.07, 6.45) is 4.12. The predicted molar refractivity (Wildman–Crippen MR) is 94.5 cm³/mol. The van der Waals surface area contributed by atoms with Crippen LogP contribution in [0, 0.1) is 5.92 Å². The molecule has 146 valence electrons. The summed E-state index contributed by atoms with van der Waals surface area (Å²) in [4.78, 5) is 23.3. The molecule has 0 aromatic heterocycles. The molecule has 1 aliphatic rings. The highest BCUT2D eigenvalue weighted by molar-refractivity contribution is 5.61. The zero-order valence-electron chi connectivity index (χ0n) is 16.3. The van der Waals surface area contributed by atoms with Gasteiger partial charge >= 0.3 is 12.3 Å². The fourth-order valence-corrected chi connectivity index (χ4v) is 2.66. The average molecular weight is 358 g/mol. The molecule has 0 saturated heterocycles. The van der Waals surface area contributed by atoms with Crippen molar-refractivity contribution in [2.24, 2.45) is 5.92 Å². The van der Waals surface area contributed by atoms with Gasteiger partial charge in [0.15, 0.2) is 0 Å². The Bertz CT molecular complexity index is 405. The highest BCUT2D eigenvalue weighted by Gasteiger charge is 2.28. The standard InChI is InChI=1S/C19H34O6/c1-14(2)8-6-7-13-22-17(20)23-15-9-11-16(12-10-15)24-18(21)25-19(3,4)5/h14-16H,6-13H2,1-5H3. The molecular formula is C19H34O6. The van der Waals surface area contributed by atoms with Crippen LogP contribution in [-0.4, -0.2) is 36.7 Å². The zero-order chi connectivity index (χ0) is 18.9. The molecule has 25 heavy (non-hydrogen) atoms. The van der Waals surface area contributed by atoms with E-state index in [9.17, 15) is 9.59 Å². The first-order valence-electron chi connectivity index (χ1n) is 9.38. The van der Waals surface area contributed by atoms with Gasteiger partial charge in [0.1, 0.15) is 17.8 Å². The van der Waals surface area contributed by atoms with Crippen molar-refractivity contribution < 1.29 is 28.5 Å². The summed E-state index contributed by atoms with van der Waals surface area (Å²) in [6.45, 7) is 10.2. The summed E-state index contributed by atoms with van der Waals surface area (Å²) in [7, 11) is 0. The molecule has 6 nitrogen and oxygen atoms in total. The van der Waals surface area contributed by atoms with Crippen molar-refractivity contribution in [1.82, 2.24) is 0 Å². The van der Waals surface area contributed by atoms with Gasteiger partial charge in [0.2, 0.25) is 0 Å². The Hall–Kier alpha value is -1.46. The van der Waals surface area contributed by atoms with E-state index in [1.54, 1.807) is 20.8 Å². The normalized spacial score (nSPS) is 20.9. The summed E-state index contributed by atoms with van der Waals surface area (Å²) in [5.74, 6) is 0.671. The van der Waals surface area contributed by atoms with Gasteiger partial charge in [-0.05, 0) is 65.2 Å². The first kappa shape index (κ1) is 21.6. The molecule has 1 saturated carbocycles. The summed E-state index contributed by atoms with van der Waals surface area (Å²) >= 11 is 0. The van der Waals surface area contributed by atoms with Crippen LogP contribution in [0.5, 0.6) is 0 Å². The van der Waals surface area contributed by atoms with Crippen LogP contribution in [0.4, 0.5) is 9.59 Å². The minimum absolute atomic E-state index is 0.165. The van der Waals surface area contributed by atoms with Gasteiger partial charge in [-0.15, -0.1) is 0 Å². The van der Waals surface area contributed by atoms with Crippen molar-refractivity contribution >= 4 is 12.3 Å². The van der Waals surface area contributed by atoms with Gasteiger partial charge < -0.3 is 18.9 Å². The zero-order valence-corrected chi connectivity index (χ0v) is 16.3. The highest BCUT2D eigenvalue weighted by Crippen LogP contribution is 2.25. The lowest BCUT2D eigenvalue weighted by atomic mass is 9.95. The van der Waals surface area contributed by atoms with Crippen molar-refractivity contribution in [2.45, 2.75) is 97.4 Å². The van der Waals surface area contributed by atoms with Crippen LogP contribution in [0.2, 0.25) is 0 Å². The van der Waals surface area contributed by atoms with Crippen molar-refractivity contribution in [1.29, 1.82) is 0 Å². The monoisotopic (exact) mass is 358 g/mol. The third-order valence-corrected chi connectivity index (χ3v) is 3.93. The first-order chi connectivity index (χ1) is 11.7. The minimum Gasteiger partial charge on any atom is -0.434 e. The number of unbranched alkanes of at least 4 members (excludes halogenated alkanes) is 1. The molecule has 0 aromatic carbocycles. The highest BCUT2D eigenvalue weighted by atomic mass is 16.7. The number of rotatable bonds is 7. The number of carbonyl (C=O) groups is 2. The predicted octanol–water partition coefficient (Wildman–Crippen LogP) is 5.23. The number of hydrogen-bond acceptors (Lipinski definition) is 6. The molecule has 0 atom stereocenters. The topological polar surface area (TPSA) is 71.1 Å². The van der Waals surface area contributed by atoms with Gasteiger partial charge in [-0.2, -0.15) is 0 Å². The molecule has 0 heterocycles. The first-order valence-corrected chi connectivity index (χ1v) is 9.38. The van der Waals surface area contributed by atoms with Gasteiger partial charge in [-0.3, -0.25) is 0 Å². The van der Waals surface area contributed by atoms with Gasteiger partial charge in [0, 0.05) is 0 Å². The molecule has 0 unspecified atom stereocenters. The quantitative estimate of drug-likeness (QED) is 0.458. The third kappa shape index (κ3) is 10.9. The Morgan fingerprint density at radius 2 is 1.44 bits per heavy atom. The Morgan fingerprint density at radius 3 is 1.92 bits per heavy atom. The SMILES string of the molecule is CC(C)CCCCOC(=O)OC1CCC(OC(=O)OC(C)(C)C)CC1. The number of carbonyl (C=O) groups excluding carboxylic acids is 2. The van der Waals surface area contributed by atoms with Crippen LogP contribution in [-0.2, 0) is 18.9 Å². The maximum atomic E-state index is 11.7. The van der Waals surface area contributed by atoms with Crippen molar-refractivity contribution in [2.75, 3.05) is 6.61 Å². The smallest absolute Gasteiger partial charge is 0.434 e. The van der Waals surface area contributed by atoms with Crippen LogP contribution in [0.15, 0.2) is 0 Å². The Labute approximate surface area is 151 Å². The molecule has 1 fully saturated rings. The summed E-state index contributed by atoms with van der Waals surface area (Å²) in [5, 5.41) is 0. The van der Waals surface area contributed by atoms with E-state index in [1.165, 1.54) is 0 Å². The molecule has 0 radical (unpaired) electrons. The summed E-state index contributed by atoms with van der Waals surface area (Å²) in [6, 6.07) is 0. The molecule has 0 aliphatic heterocycles. The largest absolute Gasteiger partial charge is 0.509 e. The van der Waals surface area contributed by atoms with Crippen LogP contribution < -0.4 is 0 Å². The molecule has 0 bridgehead atoms. The maximum Gasteiger partial charge on any atom is 0.509 e. The molecule has 1 aliphatic carbocycles. The summed E-state index contributed by atoms with van der Waals surface area (Å²) < 4.78 is 20.9. The van der Waals surface area contributed by atoms with Crippen LogP contribution >= 0.6 is 0 Å². The molecule has 0 spiro atoms. The minimum atomic E-state index is -0.641. The number of ether oxygens (including phenoxy) is 4. The molecule has 1 rings (SSSR count). The molecular weight excluding hydrogens is 324 g/mol. The van der Waals surface area contributed by atoms with E-state index in [0.717, 1.165) is 19.3 Å². The molecule has 0 amide bonds. The lowest BCUT2D eigenvalue weighted by Crippen LogP contribution is -2.32. The second-order valence-electron chi connectivity index (χ2n) is 8.09. The average Bonchev–Trinajstić information content (AvgIpc) is 2.46. The van der Waals surface area contributed by atoms with E-state index in [4.69, 9.17) is 18.9 Å². The molecule has 0 N–H and O–H groups in total. The summed E-state index contributed by atoms with van der Waals surface area (Å²) in [5.41, 5.74) is -0.559. The second kappa shape index (κ2) is 10.5. The second-order valence-corrected chi connectivity index (χ2v) is 8.09. The van der Waals surface area contributed by atoms with E-state index in [-0.39, 0.29) is 12.2 Å². The lowest BCUT2D eigenvalue weighted by molar-refractivity contribution is -0.0494. The Kier molecular flexibility index (Phi) is 9.08. The fraction of sp³-hybridized carbons (Fsp3) is 0.895. The molecule has 6 heteroatoms. The van der Waals surface area contributed by atoms with E-state index in [1.807, 2.05) is 0 Å². The van der Waals surface area contributed by atoms with Gasteiger partial charge in [-0.25, -0.2) is 9.59 Å². The van der Waals surface area contributed by atoms with Crippen LogP contribution in [0.3, 0.4) is 0 Å². The van der Waals surface area contributed by atoms with Crippen molar-refractivity contribution in [3.8, 4) is 0 Å². The van der Waals surface area contributed by atoms with E-state index < -0.39 is 17.9 Å². The van der Waals surface area contributed by atoms with E-state index in [2.05, 4.69) is 13.8 Å². The fourth-order valence-electron chi connectivity index (χ4n) is 2.66. The third-order valence-electron chi connectivity index (χ3n) is 3.93. The van der Waals surface area contributed by atoms with Crippen molar-refractivity contribution in [3.63, 3.8) is 0 Å². The van der Waals surface area contributed by atoms with Crippen LogP contribution in [0.25, 0.3) is 0 Å². The lowest BCUT2D eigenvalue weighted by Gasteiger charge is -2.28. The van der Waals surface area contributed by atoms with Gasteiger partial charge in [0.05, 0.1) is 6.61 Å². The van der Waals surface area contributed by atoms with Gasteiger partial charge in [0.25, 0.3) is 0 Å². The van der Waals surface area contributed by atoms with E-state index in [0.29, 0.717) is 38.2 Å². The van der Waals surface area contributed by atoms with Crippen LogP contribution in [0.1, 0.15) is 79.6 Å². The van der Waals surface area contributed by atoms with E-state index >= 15 is 0 Å². The Balaban J connectivity index is 2.13. The maximum absolute atomic E-state index is 11.7. The van der Waals surface area contributed by atoms with Crippen molar-refractivity contribution in [3.05, 3.63) is 0 Å². The van der Waals surface area contributed by atoms with Gasteiger partial charge in [-0.1, -0.05) is 20.3 Å². The number of hydrogen-bond donors (Lipinski definition) is 0.